The monoisotopic (exact) mass is 824 g/mol. The van der Waals surface area contributed by atoms with Gasteiger partial charge in [0.2, 0.25) is 11.8 Å². The number of hydrogen-bond acceptors (Lipinski definition) is 11. The highest BCUT2D eigenvalue weighted by Gasteiger charge is 2.65. The Hall–Kier alpha value is -4.37. The van der Waals surface area contributed by atoms with Crippen molar-refractivity contribution in [3.05, 3.63) is 28.6 Å². The van der Waals surface area contributed by atoms with Gasteiger partial charge in [-0.05, 0) is 74.8 Å². The minimum atomic E-state index is -1.36. The third kappa shape index (κ3) is 8.06. The average molecular weight is 825 g/mol. The van der Waals surface area contributed by atoms with E-state index in [9.17, 15) is 24.3 Å². The highest BCUT2D eigenvalue weighted by Crippen LogP contribution is 2.53. The fourth-order valence-corrected chi connectivity index (χ4v) is 9.95. The molecule has 3 aromatic rings. The molecule has 1 aromatic carbocycles. The fraction of sp³-hybridized carbons (Fsp3) is 0.610. The Bertz CT molecular complexity index is 2060. The van der Waals surface area contributed by atoms with E-state index in [1.54, 1.807) is 25.3 Å². The van der Waals surface area contributed by atoms with Crippen LogP contribution in [0.15, 0.2) is 24.3 Å². The highest BCUT2D eigenvalue weighted by atomic mass is 35.5. The van der Waals surface area contributed by atoms with Crippen molar-refractivity contribution in [3.63, 3.8) is 0 Å². The zero-order chi connectivity index (χ0) is 41.1. The smallest absolute Gasteiger partial charge is 0.408 e. The van der Waals surface area contributed by atoms with Crippen molar-refractivity contribution in [1.82, 2.24) is 25.1 Å². The molecule has 16 heteroatoms. The summed E-state index contributed by atoms with van der Waals surface area (Å²) in [6.45, 7) is 11.4. The number of carbonyl (C=O) groups is 4. The maximum atomic E-state index is 14.8. The van der Waals surface area contributed by atoms with Gasteiger partial charge in [-0.3, -0.25) is 9.59 Å². The number of carboxylic acid groups (broad SMARTS) is 1. The number of halogens is 1. The summed E-state index contributed by atoms with van der Waals surface area (Å²) in [5, 5.41) is 17.8. The summed E-state index contributed by atoms with van der Waals surface area (Å²) in [4.78, 5) is 67.6. The number of likely N-dealkylation sites (N-methyl/N-ethyl adjacent to an activating group) is 1. The average Bonchev–Trinajstić information content (AvgIpc) is 3.91. The maximum absolute atomic E-state index is 14.8. The first-order valence-electron chi connectivity index (χ1n) is 19.8. The first kappa shape index (κ1) is 40.8. The lowest BCUT2D eigenvalue weighted by Crippen LogP contribution is -2.59. The third-order valence-corrected chi connectivity index (χ3v) is 13.2. The molecule has 4 aliphatic rings. The highest BCUT2D eigenvalue weighted by molar-refractivity contribution is 7.20. The predicted molar refractivity (Wildman–Crippen MR) is 217 cm³/mol. The van der Waals surface area contributed by atoms with Crippen LogP contribution in [0, 0.1) is 23.2 Å². The van der Waals surface area contributed by atoms with Crippen LogP contribution in [0.5, 0.6) is 11.5 Å². The number of fused-ring (bicyclic) bond motifs is 2. The summed E-state index contributed by atoms with van der Waals surface area (Å²) in [6, 6.07) is 5.16. The van der Waals surface area contributed by atoms with Gasteiger partial charge in [0.25, 0.3) is 0 Å². The van der Waals surface area contributed by atoms with Crippen LogP contribution >= 0.6 is 22.9 Å². The zero-order valence-corrected chi connectivity index (χ0v) is 35.3. The van der Waals surface area contributed by atoms with Crippen LogP contribution in [0.25, 0.3) is 22.3 Å². The standard InChI is InChI=1S/C41H53ClN6O8S/c1-9-23-18-41(23,37(51)52)47(7)35(49)30-16-26(19-48(30)36(50)33(40(4,5)6)46-39(53)56-25-13-21-12-22(21)14-25)55-31-17-29(32-34(42)57-38(45-32)43-20(2)3)44-28-15-24(54-8)10-11-27(28)31/h10-11,15,17,20-23,25-26,30,33H,9,12-14,16,18-19H2,1-8H3,(H,43,45)(H,46,53)(H,51,52)/t21-,22+,23?,25+,26-,30?,33?,41-/m1/s1. The lowest BCUT2D eigenvalue weighted by molar-refractivity contribution is -0.155. The number of pyridine rings is 1. The molecule has 4 fully saturated rings. The van der Waals surface area contributed by atoms with E-state index in [2.05, 4.69) is 10.6 Å². The number of amides is 3. The Kier molecular flexibility index (Phi) is 11.0. The van der Waals surface area contributed by atoms with Gasteiger partial charge in [-0.1, -0.05) is 57.1 Å². The normalized spacial score (nSPS) is 26.8. The number of anilines is 1. The number of aromatic nitrogens is 2. The van der Waals surface area contributed by atoms with Gasteiger partial charge in [0.1, 0.15) is 51.4 Å². The number of carboxylic acids is 1. The topological polar surface area (TPSA) is 173 Å². The molecule has 308 valence electrons. The second-order valence-corrected chi connectivity index (χ2v) is 19.0. The second-order valence-electron chi connectivity index (χ2n) is 17.4. The molecule has 3 aliphatic carbocycles. The van der Waals surface area contributed by atoms with Gasteiger partial charge >= 0.3 is 12.1 Å². The molecule has 0 radical (unpaired) electrons. The second kappa shape index (κ2) is 15.4. The Labute approximate surface area is 342 Å². The number of nitrogens with one attached hydrogen (secondary N) is 2. The van der Waals surface area contributed by atoms with E-state index in [4.69, 9.17) is 35.8 Å². The largest absolute Gasteiger partial charge is 0.497 e. The van der Waals surface area contributed by atoms with E-state index >= 15 is 0 Å². The van der Waals surface area contributed by atoms with Crippen LogP contribution in [-0.4, -0.2) is 105 Å². The first-order valence-corrected chi connectivity index (χ1v) is 21.0. The van der Waals surface area contributed by atoms with Crippen LogP contribution in [0.2, 0.25) is 4.34 Å². The molecule has 3 amide bonds. The van der Waals surface area contributed by atoms with E-state index in [-0.39, 0.29) is 31.0 Å². The number of rotatable bonds is 13. The minimum absolute atomic E-state index is 0.00906. The molecule has 1 aliphatic heterocycles. The number of thiazole rings is 1. The summed E-state index contributed by atoms with van der Waals surface area (Å²) < 4.78 is 18.5. The van der Waals surface area contributed by atoms with Gasteiger partial charge in [-0.25, -0.2) is 19.6 Å². The van der Waals surface area contributed by atoms with Crippen LogP contribution in [-0.2, 0) is 19.1 Å². The van der Waals surface area contributed by atoms with Gasteiger partial charge < -0.3 is 39.8 Å². The molecule has 2 aromatic heterocycles. The van der Waals surface area contributed by atoms with E-state index in [1.165, 1.54) is 34.6 Å². The molecule has 3 N–H and O–H groups in total. The van der Waals surface area contributed by atoms with Crippen molar-refractivity contribution in [1.29, 1.82) is 0 Å². The van der Waals surface area contributed by atoms with Gasteiger partial charge in [0.15, 0.2) is 5.13 Å². The first-order chi connectivity index (χ1) is 26.9. The van der Waals surface area contributed by atoms with E-state index in [0.717, 1.165) is 12.8 Å². The molecule has 0 spiro atoms. The SMILES string of the molecule is CCC1C[C@@]1(C(=O)O)N(C)C(=O)C1C[C@@H](Oc2cc(-c3nc(NC(C)C)sc3Cl)nc3cc(OC)ccc23)CN1C(=O)C(NC(=O)O[C@@H]1C[C@@H]2C[C@@H]2C1)C(C)(C)C. The molecule has 1 saturated heterocycles. The molecule has 7 rings (SSSR count). The maximum Gasteiger partial charge on any atom is 0.408 e. The van der Waals surface area contributed by atoms with Crippen LogP contribution in [0.3, 0.4) is 0 Å². The fourth-order valence-electron chi connectivity index (χ4n) is 8.74. The summed E-state index contributed by atoms with van der Waals surface area (Å²) in [5.41, 5.74) is -0.658. The lowest BCUT2D eigenvalue weighted by Gasteiger charge is -2.37. The molecule has 3 saturated carbocycles. The van der Waals surface area contributed by atoms with E-state index < -0.39 is 53.0 Å². The molecule has 14 nitrogen and oxygen atoms in total. The number of ether oxygens (including phenoxy) is 3. The van der Waals surface area contributed by atoms with Gasteiger partial charge in [0.05, 0.1) is 24.9 Å². The predicted octanol–water partition coefficient (Wildman–Crippen LogP) is 6.84. The van der Waals surface area contributed by atoms with Crippen LogP contribution < -0.4 is 20.1 Å². The number of carbonyl (C=O) groups excluding carboxylic acids is 3. The molecule has 8 atom stereocenters. The Morgan fingerprint density at radius 3 is 2.42 bits per heavy atom. The number of hydrogen-bond donors (Lipinski definition) is 3. The molecular formula is C41H53ClN6O8S. The summed E-state index contributed by atoms with van der Waals surface area (Å²) in [5.74, 6) is -0.0519. The Morgan fingerprint density at radius 2 is 1.81 bits per heavy atom. The van der Waals surface area contributed by atoms with Crippen molar-refractivity contribution in [2.45, 2.75) is 116 Å². The summed E-state index contributed by atoms with van der Waals surface area (Å²) in [6.07, 6.45) is 2.24. The zero-order valence-electron chi connectivity index (χ0n) is 33.8. The molecular weight excluding hydrogens is 772 g/mol. The molecule has 3 unspecified atom stereocenters. The van der Waals surface area contributed by atoms with Crippen LogP contribution in [0.1, 0.15) is 80.1 Å². The number of nitrogens with zero attached hydrogens (tertiary/aromatic N) is 4. The van der Waals surface area contributed by atoms with Crippen molar-refractivity contribution in [3.8, 4) is 22.9 Å². The van der Waals surface area contributed by atoms with E-state index in [1.807, 2.05) is 47.6 Å². The number of methoxy groups -OCH3 is 1. The van der Waals surface area contributed by atoms with Crippen molar-refractivity contribution in [2.24, 2.45) is 23.2 Å². The van der Waals surface area contributed by atoms with Gasteiger partial charge in [-0.15, -0.1) is 0 Å². The van der Waals surface area contributed by atoms with E-state index in [0.29, 0.717) is 67.9 Å². The summed E-state index contributed by atoms with van der Waals surface area (Å²) in [7, 11) is 3.07. The Balaban J connectivity index is 1.21. The third-order valence-electron chi connectivity index (χ3n) is 12.1. The lowest BCUT2D eigenvalue weighted by atomic mass is 9.85. The number of benzene rings is 1. The molecule has 3 heterocycles. The Morgan fingerprint density at radius 1 is 1.09 bits per heavy atom. The van der Waals surface area contributed by atoms with Crippen molar-refractivity contribution in [2.75, 3.05) is 26.0 Å². The molecule has 57 heavy (non-hydrogen) atoms. The minimum Gasteiger partial charge on any atom is -0.497 e. The number of likely N-dealkylation sites (tertiary alicyclic amines) is 1. The van der Waals surface area contributed by atoms with Gasteiger partial charge in [-0.2, -0.15) is 0 Å². The number of alkyl carbamates (subject to hydrolysis) is 1. The van der Waals surface area contributed by atoms with Gasteiger partial charge in [0, 0.05) is 37.0 Å². The van der Waals surface area contributed by atoms with Crippen molar-refractivity contribution >= 4 is 62.8 Å². The van der Waals surface area contributed by atoms with Crippen molar-refractivity contribution < 1.29 is 38.5 Å². The summed E-state index contributed by atoms with van der Waals surface area (Å²) >= 11 is 8.02. The number of aliphatic carboxylic acids is 1. The quantitative estimate of drug-likeness (QED) is 0.165. The van der Waals surface area contributed by atoms with Crippen LogP contribution in [0.4, 0.5) is 9.93 Å². The molecule has 0 bridgehead atoms.